The third-order valence-electron chi connectivity index (χ3n) is 4.33. The van der Waals surface area contributed by atoms with Gasteiger partial charge in [0.15, 0.2) is 0 Å². The van der Waals surface area contributed by atoms with Crippen LogP contribution in [0.25, 0.3) is 0 Å². The van der Waals surface area contributed by atoms with E-state index >= 15 is 0 Å². The van der Waals surface area contributed by atoms with Gasteiger partial charge in [-0.25, -0.2) is 0 Å². The van der Waals surface area contributed by atoms with Crippen molar-refractivity contribution >= 4 is 5.69 Å². The van der Waals surface area contributed by atoms with Gasteiger partial charge in [0.05, 0.1) is 0 Å². The first-order valence-corrected chi connectivity index (χ1v) is 7.70. The van der Waals surface area contributed by atoms with Crippen molar-refractivity contribution in [3.05, 3.63) is 29.8 Å². The van der Waals surface area contributed by atoms with Crippen LogP contribution in [0.2, 0.25) is 0 Å². The van der Waals surface area contributed by atoms with Gasteiger partial charge in [-0.2, -0.15) is 0 Å². The number of para-hydroxylation sites is 1. The normalized spacial score (nSPS) is 16.1. The van der Waals surface area contributed by atoms with E-state index in [0.717, 1.165) is 13.1 Å². The summed E-state index contributed by atoms with van der Waals surface area (Å²) in [5, 5.41) is 3.67. The smallest absolute Gasteiger partial charge is 0.0399 e. The molecule has 2 rings (SSSR count). The molecule has 2 nitrogen and oxygen atoms in total. The van der Waals surface area contributed by atoms with Gasteiger partial charge in [0, 0.05) is 30.9 Å². The van der Waals surface area contributed by atoms with Crippen molar-refractivity contribution in [2.75, 3.05) is 24.5 Å². The molecule has 0 radical (unpaired) electrons. The fourth-order valence-corrected chi connectivity index (χ4v) is 2.66. The van der Waals surface area contributed by atoms with Crippen molar-refractivity contribution in [2.24, 2.45) is 0 Å². The van der Waals surface area contributed by atoms with Gasteiger partial charge in [0.1, 0.15) is 0 Å². The molecule has 1 heterocycles. The Morgan fingerprint density at radius 1 is 1.21 bits per heavy atom. The fraction of sp³-hybridized carbons (Fsp3) is 0.647. The highest BCUT2D eigenvalue weighted by atomic mass is 15.2. The second kappa shape index (κ2) is 6.42. The zero-order valence-electron chi connectivity index (χ0n) is 12.7. The van der Waals surface area contributed by atoms with E-state index in [2.05, 4.69) is 55.3 Å². The van der Waals surface area contributed by atoms with E-state index in [1.54, 1.807) is 0 Å². The van der Waals surface area contributed by atoms with Crippen molar-refractivity contribution in [3.63, 3.8) is 0 Å². The summed E-state index contributed by atoms with van der Waals surface area (Å²) in [7, 11) is 0. The molecule has 0 aliphatic carbocycles. The summed E-state index contributed by atoms with van der Waals surface area (Å²) in [6, 6.07) is 8.91. The Bertz CT molecular complexity index is 398. The molecule has 0 saturated heterocycles. The highest BCUT2D eigenvalue weighted by Gasteiger charge is 2.17. The number of fused-ring (bicyclic) bond motifs is 1. The summed E-state index contributed by atoms with van der Waals surface area (Å²) in [6.45, 7) is 10.2. The summed E-state index contributed by atoms with van der Waals surface area (Å²) in [6.07, 6.45) is 5.04. The lowest BCUT2D eigenvalue weighted by Gasteiger charge is -2.29. The van der Waals surface area contributed by atoms with Crippen LogP contribution < -0.4 is 10.2 Å². The SMILES string of the molecule is CCC(C)(C)NCCN1CCCCc2ccccc21. The summed E-state index contributed by atoms with van der Waals surface area (Å²) in [5.74, 6) is 0. The molecule has 0 saturated carbocycles. The lowest BCUT2D eigenvalue weighted by Crippen LogP contribution is -2.43. The van der Waals surface area contributed by atoms with Crippen molar-refractivity contribution < 1.29 is 0 Å². The van der Waals surface area contributed by atoms with E-state index in [4.69, 9.17) is 0 Å². The second-order valence-electron chi connectivity index (χ2n) is 6.24. The summed E-state index contributed by atoms with van der Waals surface area (Å²) in [4.78, 5) is 2.56. The maximum absolute atomic E-state index is 3.67. The predicted octanol–water partition coefficient (Wildman–Crippen LogP) is 3.61. The minimum absolute atomic E-state index is 0.255. The molecule has 1 aliphatic rings. The van der Waals surface area contributed by atoms with Crippen LogP contribution in [0.15, 0.2) is 24.3 Å². The number of benzene rings is 1. The number of nitrogens with one attached hydrogen (secondary N) is 1. The van der Waals surface area contributed by atoms with Gasteiger partial charge in [-0.3, -0.25) is 0 Å². The molecule has 0 unspecified atom stereocenters. The van der Waals surface area contributed by atoms with Gasteiger partial charge in [0.25, 0.3) is 0 Å². The largest absolute Gasteiger partial charge is 0.370 e. The Morgan fingerprint density at radius 2 is 2.00 bits per heavy atom. The molecule has 0 fully saturated rings. The van der Waals surface area contributed by atoms with Crippen LogP contribution in [-0.4, -0.2) is 25.2 Å². The standard InChI is InChI=1S/C17H28N2/c1-4-17(2,3)18-12-14-19-13-8-7-10-15-9-5-6-11-16(15)19/h5-6,9,11,18H,4,7-8,10,12-14H2,1-3H3. The predicted molar refractivity (Wildman–Crippen MR) is 84.0 cm³/mol. The lowest BCUT2D eigenvalue weighted by atomic mass is 10.0. The second-order valence-corrected chi connectivity index (χ2v) is 6.24. The first kappa shape index (κ1) is 14.4. The maximum atomic E-state index is 3.67. The summed E-state index contributed by atoms with van der Waals surface area (Å²) < 4.78 is 0. The number of hydrogen-bond donors (Lipinski definition) is 1. The van der Waals surface area contributed by atoms with Gasteiger partial charge >= 0.3 is 0 Å². The number of rotatable bonds is 5. The molecule has 2 heteroatoms. The van der Waals surface area contributed by atoms with E-state index in [-0.39, 0.29) is 5.54 Å². The van der Waals surface area contributed by atoms with Crippen LogP contribution >= 0.6 is 0 Å². The molecule has 0 amide bonds. The lowest BCUT2D eigenvalue weighted by molar-refractivity contribution is 0.379. The maximum Gasteiger partial charge on any atom is 0.0399 e. The van der Waals surface area contributed by atoms with Crippen LogP contribution in [0.1, 0.15) is 45.6 Å². The van der Waals surface area contributed by atoms with E-state index in [9.17, 15) is 0 Å². The minimum Gasteiger partial charge on any atom is -0.370 e. The van der Waals surface area contributed by atoms with Gasteiger partial charge in [-0.1, -0.05) is 25.1 Å². The van der Waals surface area contributed by atoms with Crippen LogP contribution in [0.3, 0.4) is 0 Å². The van der Waals surface area contributed by atoms with E-state index in [1.807, 2.05) is 0 Å². The molecule has 0 bridgehead atoms. The third kappa shape index (κ3) is 3.97. The van der Waals surface area contributed by atoms with Crippen molar-refractivity contribution in [3.8, 4) is 0 Å². The Labute approximate surface area is 118 Å². The van der Waals surface area contributed by atoms with Crippen LogP contribution in [0.5, 0.6) is 0 Å². The first-order valence-electron chi connectivity index (χ1n) is 7.70. The Hall–Kier alpha value is -1.02. The van der Waals surface area contributed by atoms with Crippen LogP contribution in [0.4, 0.5) is 5.69 Å². The van der Waals surface area contributed by atoms with E-state index in [0.29, 0.717) is 0 Å². The van der Waals surface area contributed by atoms with Crippen LogP contribution in [0, 0.1) is 0 Å². The average Bonchev–Trinajstić information content (AvgIpc) is 2.61. The molecule has 1 aromatic rings. The van der Waals surface area contributed by atoms with Gasteiger partial charge < -0.3 is 10.2 Å². The number of hydrogen-bond acceptors (Lipinski definition) is 2. The molecule has 1 aromatic carbocycles. The Kier molecular flexibility index (Phi) is 4.87. The molecule has 106 valence electrons. The quantitative estimate of drug-likeness (QED) is 0.870. The Balaban J connectivity index is 1.97. The molecule has 0 atom stereocenters. The molecule has 0 aromatic heterocycles. The molecule has 1 N–H and O–H groups in total. The van der Waals surface area contributed by atoms with Crippen molar-refractivity contribution in [1.82, 2.24) is 5.32 Å². The molecule has 19 heavy (non-hydrogen) atoms. The summed E-state index contributed by atoms with van der Waals surface area (Å²) >= 11 is 0. The fourth-order valence-electron chi connectivity index (χ4n) is 2.66. The topological polar surface area (TPSA) is 15.3 Å². The number of nitrogens with zero attached hydrogens (tertiary/aromatic N) is 1. The minimum atomic E-state index is 0.255. The number of aryl methyl sites for hydroxylation is 1. The average molecular weight is 260 g/mol. The number of anilines is 1. The van der Waals surface area contributed by atoms with Crippen LogP contribution in [-0.2, 0) is 6.42 Å². The van der Waals surface area contributed by atoms with Gasteiger partial charge in [-0.05, 0) is 51.2 Å². The Morgan fingerprint density at radius 3 is 2.79 bits per heavy atom. The zero-order valence-corrected chi connectivity index (χ0v) is 12.7. The highest BCUT2D eigenvalue weighted by molar-refractivity contribution is 5.54. The van der Waals surface area contributed by atoms with E-state index in [1.165, 1.54) is 43.5 Å². The highest BCUT2D eigenvalue weighted by Crippen LogP contribution is 2.25. The zero-order chi connectivity index (χ0) is 13.7. The van der Waals surface area contributed by atoms with E-state index < -0.39 is 0 Å². The molecular formula is C17H28N2. The van der Waals surface area contributed by atoms with Crippen molar-refractivity contribution in [1.29, 1.82) is 0 Å². The van der Waals surface area contributed by atoms with Crippen molar-refractivity contribution in [2.45, 2.75) is 52.0 Å². The van der Waals surface area contributed by atoms with Gasteiger partial charge in [0.2, 0.25) is 0 Å². The molecular weight excluding hydrogens is 232 g/mol. The van der Waals surface area contributed by atoms with Gasteiger partial charge in [-0.15, -0.1) is 0 Å². The monoisotopic (exact) mass is 260 g/mol. The summed E-state index contributed by atoms with van der Waals surface area (Å²) in [5.41, 5.74) is 3.23. The molecule has 0 spiro atoms. The first-order chi connectivity index (χ1) is 9.12. The molecule has 1 aliphatic heterocycles. The third-order valence-corrected chi connectivity index (χ3v) is 4.33.